The molecule has 5 heteroatoms. The van der Waals surface area contributed by atoms with Crippen molar-refractivity contribution in [1.82, 2.24) is 19.7 Å². The molecule has 2 heterocycles. The minimum absolute atomic E-state index is 0.140. The molecule has 1 aromatic carbocycles. The summed E-state index contributed by atoms with van der Waals surface area (Å²) >= 11 is 0. The number of hydrogen-bond donors (Lipinski definition) is 0. The van der Waals surface area contributed by atoms with E-state index in [2.05, 4.69) is 21.9 Å². The molecular formula is C17H23FN4. The van der Waals surface area contributed by atoms with Crippen LogP contribution in [-0.4, -0.2) is 38.8 Å². The van der Waals surface area contributed by atoms with E-state index in [1.165, 1.54) is 6.07 Å². The third kappa shape index (κ3) is 3.71. The topological polar surface area (TPSA) is 34.0 Å². The van der Waals surface area contributed by atoms with Gasteiger partial charge in [-0.05, 0) is 50.3 Å². The Bertz CT molecular complexity index is 576. The zero-order valence-corrected chi connectivity index (χ0v) is 13.0. The van der Waals surface area contributed by atoms with E-state index in [0.717, 1.165) is 44.3 Å². The van der Waals surface area contributed by atoms with Crippen molar-refractivity contribution in [3.05, 3.63) is 48.3 Å². The highest BCUT2D eigenvalue weighted by atomic mass is 19.1. The van der Waals surface area contributed by atoms with Gasteiger partial charge in [0, 0.05) is 19.1 Å². The van der Waals surface area contributed by atoms with Crippen LogP contribution in [0.1, 0.15) is 37.8 Å². The molecule has 0 bridgehead atoms. The normalized spacial score (nSPS) is 18.5. The van der Waals surface area contributed by atoms with E-state index >= 15 is 0 Å². The molecule has 1 aliphatic heterocycles. The number of likely N-dealkylation sites (tertiary alicyclic amines) is 1. The summed E-state index contributed by atoms with van der Waals surface area (Å²) in [5.41, 5.74) is 1.09. The van der Waals surface area contributed by atoms with E-state index in [9.17, 15) is 4.39 Å². The number of aryl methyl sites for hydroxylation is 1. The van der Waals surface area contributed by atoms with Gasteiger partial charge in [-0.3, -0.25) is 0 Å². The van der Waals surface area contributed by atoms with Crippen molar-refractivity contribution in [3.8, 4) is 0 Å². The van der Waals surface area contributed by atoms with Crippen LogP contribution >= 0.6 is 0 Å². The SMILES string of the molecule is C[C@H](CCc1cccc(F)c1)N1CCC(n2cncn2)CC1. The first-order valence-electron chi connectivity index (χ1n) is 8.05. The summed E-state index contributed by atoms with van der Waals surface area (Å²) in [4.78, 5) is 6.56. The Hall–Kier alpha value is -1.75. The van der Waals surface area contributed by atoms with Gasteiger partial charge in [0.05, 0.1) is 6.04 Å². The Morgan fingerprint density at radius 2 is 2.14 bits per heavy atom. The minimum atomic E-state index is -0.140. The van der Waals surface area contributed by atoms with Crippen molar-refractivity contribution < 1.29 is 4.39 Å². The maximum atomic E-state index is 13.2. The van der Waals surface area contributed by atoms with Crippen molar-refractivity contribution in [3.63, 3.8) is 0 Å². The van der Waals surface area contributed by atoms with Crippen molar-refractivity contribution in [1.29, 1.82) is 0 Å². The first-order chi connectivity index (χ1) is 10.7. The van der Waals surface area contributed by atoms with Crippen LogP contribution in [0.2, 0.25) is 0 Å². The number of halogens is 1. The largest absolute Gasteiger partial charge is 0.300 e. The molecule has 0 radical (unpaired) electrons. The van der Waals surface area contributed by atoms with Gasteiger partial charge in [0.2, 0.25) is 0 Å². The van der Waals surface area contributed by atoms with E-state index in [1.54, 1.807) is 18.5 Å². The number of nitrogens with zero attached hydrogens (tertiary/aromatic N) is 4. The zero-order valence-electron chi connectivity index (χ0n) is 13.0. The van der Waals surface area contributed by atoms with E-state index in [4.69, 9.17) is 0 Å². The van der Waals surface area contributed by atoms with Gasteiger partial charge in [0.15, 0.2) is 0 Å². The summed E-state index contributed by atoms with van der Waals surface area (Å²) < 4.78 is 15.2. The quantitative estimate of drug-likeness (QED) is 0.851. The van der Waals surface area contributed by atoms with Crippen molar-refractivity contribution in [2.24, 2.45) is 0 Å². The van der Waals surface area contributed by atoms with Crippen molar-refractivity contribution >= 4 is 0 Å². The number of hydrogen-bond acceptors (Lipinski definition) is 3. The molecule has 1 aliphatic rings. The molecule has 2 aromatic rings. The Kier molecular flexibility index (Phi) is 4.83. The zero-order chi connectivity index (χ0) is 15.4. The van der Waals surface area contributed by atoms with Gasteiger partial charge in [-0.25, -0.2) is 14.1 Å². The summed E-state index contributed by atoms with van der Waals surface area (Å²) in [6.07, 6.45) is 7.66. The highest BCUT2D eigenvalue weighted by Gasteiger charge is 2.23. The number of benzene rings is 1. The van der Waals surface area contributed by atoms with Crippen LogP contribution in [-0.2, 0) is 6.42 Å². The third-order valence-electron chi connectivity index (χ3n) is 4.67. The van der Waals surface area contributed by atoms with Crippen LogP contribution < -0.4 is 0 Å². The van der Waals surface area contributed by atoms with Gasteiger partial charge in [0.25, 0.3) is 0 Å². The molecular weight excluding hydrogens is 279 g/mol. The van der Waals surface area contributed by atoms with Gasteiger partial charge >= 0.3 is 0 Å². The van der Waals surface area contributed by atoms with Crippen molar-refractivity contribution in [2.75, 3.05) is 13.1 Å². The predicted molar refractivity (Wildman–Crippen MR) is 84.0 cm³/mol. The second kappa shape index (κ2) is 7.01. The third-order valence-corrected chi connectivity index (χ3v) is 4.67. The van der Waals surface area contributed by atoms with Gasteiger partial charge in [0.1, 0.15) is 18.5 Å². The first kappa shape index (κ1) is 15.2. The van der Waals surface area contributed by atoms with Crippen LogP contribution in [0.4, 0.5) is 4.39 Å². The molecule has 118 valence electrons. The lowest BCUT2D eigenvalue weighted by Crippen LogP contribution is -2.40. The molecule has 1 atom stereocenters. The molecule has 0 saturated carbocycles. The molecule has 3 rings (SSSR count). The maximum Gasteiger partial charge on any atom is 0.137 e. The summed E-state index contributed by atoms with van der Waals surface area (Å²) in [7, 11) is 0. The lowest BCUT2D eigenvalue weighted by Gasteiger charge is -2.36. The monoisotopic (exact) mass is 302 g/mol. The minimum Gasteiger partial charge on any atom is -0.300 e. The molecule has 4 nitrogen and oxygen atoms in total. The van der Waals surface area contributed by atoms with Crippen LogP contribution in [0.3, 0.4) is 0 Å². The Labute approximate surface area is 131 Å². The summed E-state index contributed by atoms with van der Waals surface area (Å²) in [5, 5.41) is 4.25. The second-order valence-electron chi connectivity index (χ2n) is 6.16. The molecule has 0 amide bonds. The van der Waals surface area contributed by atoms with Gasteiger partial charge < -0.3 is 4.90 Å². The number of piperidine rings is 1. The molecule has 22 heavy (non-hydrogen) atoms. The molecule has 0 aliphatic carbocycles. The Morgan fingerprint density at radius 3 is 2.82 bits per heavy atom. The fourth-order valence-electron chi connectivity index (χ4n) is 3.25. The van der Waals surface area contributed by atoms with Crippen LogP contribution in [0.25, 0.3) is 0 Å². The molecule has 1 aromatic heterocycles. The van der Waals surface area contributed by atoms with E-state index < -0.39 is 0 Å². The Morgan fingerprint density at radius 1 is 1.32 bits per heavy atom. The van der Waals surface area contributed by atoms with Crippen LogP contribution in [0.5, 0.6) is 0 Å². The van der Waals surface area contributed by atoms with Gasteiger partial charge in [-0.2, -0.15) is 5.10 Å². The summed E-state index contributed by atoms with van der Waals surface area (Å²) in [5.74, 6) is -0.140. The molecule has 1 saturated heterocycles. The lowest BCUT2D eigenvalue weighted by atomic mass is 10.0. The van der Waals surface area contributed by atoms with Gasteiger partial charge in [-0.15, -0.1) is 0 Å². The van der Waals surface area contributed by atoms with E-state index in [0.29, 0.717) is 12.1 Å². The standard InChI is InChI=1S/C17H23FN4/c1-14(5-6-15-3-2-4-16(18)11-15)21-9-7-17(8-10-21)22-13-19-12-20-22/h2-4,11-14,17H,5-10H2,1H3/t14-/m1/s1. The first-order valence-corrected chi connectivity index (χ1v) is 8.05. The van der Waals surface area contributed by atoms with Gasteiger partial charge in [-0.1, -0.05) is 12.1 Å². The Balaban J connectivity index is 1.46. The van der Waals surface area contributed by atoms with E-state index in [-0.39, 0.29) is 5.82 Å². The fourth-order valence-corrected chi connectivity index (χ4v) is 3.25. The average Bonchev–Trinajstić information content (AvgIpc) is 3.07. The highest BCUT2D eigenvalue weighted by Crippen LogP contribution is 2.23. The molecule has 1 fully saturated rings. The average molecular weight is 302 g/mol. The molecule has 0 N–H and O–H groups in total. The maximum absolute atomic E-state index is 13.2. The highest BCUT2D eigenvalue weighted by molar-refractivity contribution is 5.16. The smallest absolute Gasteiger partial charge is 0.137 e. The number of rotatable bonds is 5. The lowest BCUT2D eigenvalue weighted by molar-refractivity contribution is 0.133. The molecule has 0 unspecified atom stereocenters. The van der Waals surface area contributed by atoms with E-state index in [1.807, 2.05) is 17.1 Å². The van der Waals surface area contributed by atoms with Crippen molar-refractivity contribution in [2.45, 2.75) is 44.7 Å². The van der Waals surface area contributed by atoms with Crippen LogP contribution in [0.15, 0.2) is 36.9 Å². The summed E-state index contributed by atoms with van der Waals surface area (Å²) in [6, 6.07) is 7.95. The fraction of sp³-hybridized carbons (Fsp3) is 0.529. The second-order valence-corrected chi connectivity index (χ2v) is 6.16. The van der Waals surface area contributed by atoms with Crippen LogP contribution in [0, 0.1) is 5.82 Å². The predicted octanol–water partition coefficient (Wildman–Crippen LogP) is 3.08. The molecule has 0 spiro atoms. The number of aromatic nitrogens is 3. The summed E-state index contributed by atoms with van der Waals surface area (Å²) in [6.45, 7) is 4.46.